The number of halogens is 1. The minimum Gasteiger partial charge on any atom is -0.379 e. The number of anilines is 1. The van der Waals surface area contributed by atoms with E-state index in [0.717, 1.165) is 4.47 Å². The van der Waals surface area contributed by atoms with Gasteiger partial charge in [-0.1, -0.05) is 15.9 Å². The zero-order chi connectivity index (χ0) is 11.8. The highest BCUT2D eigenvalue weighted by Crippen LogP contribution is 2.31. The highest BCUT2D eigenvalue weighted by molar-refractivity contribution is 9.10. The van der Waals surface area contributed by atoms with Crippen LogP contribution in [-0.2, 0) is 9.84 Å². The molecule has 0 radical (unpaired) electrons. The summed E-state index contributed by atoms with van der Waals surface area (Å²) in [6, 6.07) is 6.73. The van der Waals surface area contributed by atoms with Gasteiger partial charge in [-0.3, -0.25) is 0 Å². The molecule has 1 aromatic rings. The number of nitrogens with one attached hydrogen (secondary N) is 1. The number of nitrogens with zero attached hydrogens (tertiary/aromatic N) is 1. The van der Waals surface area contributed by atoms with Crippen LogP contribution in [0.3, 0.4) is 0 Å². The fourth-order valence-corrected chi connectivity index (χ4v) is 3.90. The first-order valence-electron chi connectivity index (χ1n) is 4.69. The lowest BCUT2D eigenvalue weighted by molar-refractivity contribution is 0.586. The Balaban J connectivity index is 2.48. The number of benzene rings is 1. The summed E-state index contributed by atoms with van der Waals surface area (Å²) in [6.45, 7) is 0. The van der Waals surface area contributed by atoms with Crippen LogP contribution in [0.15, 0.2) is 27.6 Å². The van der Waals surface area contributed by atoms with E-state index >= 15 is 0 Å². The number of rotatable bonds is 1. The van der Waals surface area contributed by atoms with Crippen LogP contribution in [0.1, 0.15) is 6.42 Å². The third-order valence-corrected chi connectivity index (χ3v) is 4.74. The first kappa shape index (κ1) is 11.4. The molecule has 1 aromatic carbocycles. The van der Waals surface area contributed by atoms with Crippen molar-refractivity contribution >= 4 is 31.5 Å². The molecule has 1 heterocycles. The van der Waals surface area contributed by atoms with Gasteiger partial charge in [0.15, 0.2) is 9.84 Å². The Bertz CT molecular complexity index is 563. The van der Waals surface area contributed by atoms with Gasteiger partial charge in [0, 0.05) is 4.47 Å². The summed E-state index contributed by atoms with van der Waals surface area (Å²) in [5.74, 6) is -0.0238. The van der Waals surface area contributed by atoms with Crippen molar-refractivity contribution in [3.63, 3.8) is 0 Å². The minimum atomic E-state index is -3.28. The second-order valence-corrected chi connectivity index (χ2v) is 6.54. The molecule has 0 saturated carbocycles. The van der Waals surface area contributed by atoms with Gasteiger partial charge in [-0.15, -0.1) is 0 Å². The molecule has 1 unspecified atom stereocenters. The van der Waals surface area contributed by atoms with Crippen molar-refractivity contribution in [3.8, 4) is 6.07 Å². The van der Waals surface area contributed by atoms with Gasteiger partial charge in [0.2, 0.25) is 0 Å². The second-order valence-electron chi connectivity index (χ2n) is 3.63. The Hall–Kier alpha value is -1.06. The quantitative estimate of drug-likeness (QED) is 0.860. The van der Waals surface area contributed by atoms with E-state index in [0.29, 0.717) is 10.6 Å². The van der Waals surface area contributed by atoms with Gasteiger partial charge in [-0.25, -0.2) is 8.42 Å². The summed E-state index contributed by atoms with van der Waals surface area (Å²) in [5, 5.41) is 11.6. The fraction of sp³-hybridized carbons (Fsp3) is 0.300. The zero-order valence-electron chi connectivity index (χ0n) is 8.27. The molecule has 0 fully saturated rings. The first-order valence-corrected chi connectivity index (χ1v) is 7.13. The van der Waals surface area contributed by atoms with Gasteiger partial charge in [0.25, 0.3) is 0 Å². The molecule has 0 aromatic heterocycles. The molecule has 0 saturated heterocycles. The molecule has 1 aliphatic rings. The maximum Gasteiger partial charge on any atom is 0.182 e. The van der Waals surface area contributed by atoms with Crippen molar-refractivity contribution in [1.82, 2.24) is 0 Å². The van der Waals surface area contributed by atoms with E-state index in [4.69, 9.17) is 5.26 Å². The Morgan fingerprint density at radius 1 is 1.56 bits per heavy atom. The van der Waals surface area contributed by atoms with Crippen LogP contribution in [-0.4, -0.2) is 20.2 Å². The summed E-state index contributed by atoms with van der Waals surface area (Å²) in [5.41, 5.74) is 0.578. The summed E-state index contributed by atoms with van der Waals surface area (Å²) >= 11 is 3.24. The van der Waals surface area contributed by atoms with Crippen molar-refractivity contribution in [1.29, 1.82) is 5.26 Å². The number of fused-ring (bicyclic) bond motifs is 1. The number of hydrogen-bond donors (Lipinski definition) is 1. The van der Waals surface area contributed by atoms with Crippen LogP contribution in [0.25, 0.3) is 0 Å². The molecule has 16 heavy (non-hydrogen) atoms. The van der Waals surface area contributed by atoms with Crippen LogP contribution in [0.2, 0.25) is 0 Å². The fourth-order valence-electron chi connectivity index (χ4n) is 1.71. The van der Waals surface area contributed by atoms with E-state index in [1.165, 1.54) is 0 Å². The van der Waals surface area contributed by atoms with Crippen LogP contribution in [0.5, 0.6) is 0 Å². The molecular formula is C10H9BrN2O2S. The first-order chi connectivity index (χ1) is 7.53. The molecule has 0 bridgehead atoms. The third kappa shape index (κ3) is 2.06. The van der Waals surface area contributed by atoms with Crippen molar-refractivity contribution in [2.24, 2.45) is 0 Å². The number of sulfone groups is 1. The summed E-state index contributed by atoms with van der Waals surface area (Å²) in [7, 11) is -3.28. The Kier molecular flexibility index (Phi) is 2.91. The third-order valence-electron chi connectivity index (χ3n) is 2.40. The predicted octanol–water partition coefficient (Wildman–Crippen LogP) is 1.93. The lowest BCUT2D eigenvalue weighted by Gasteiger charge is -2.25. The van der Waals surface area contributed by atoms with Gasteiger partial charge >= 0.3 is 0 Å². The second kappa shape index (κ2) is 4.07. The monoisotopic (exact) mass is 300 g/mol. The van der Waals surface area contributed by atoms with Crippen molar-refractivity contribution < 1.29 is 8.42 Å². The summed E-state index contributed by atoms with van der Waals surface area (Å²) in [6.07, 6.45) is 0.189. The maximum absolute atomic E-state index is 11.9. The van der Waals surface area contributed by atoms with Crippen LogP contribution < -0.4 is 5.32 Å². The van der Waals surface area contributed by atoms with Crippen LogP contribution >= 0.6 is 15.9 Å². The Labute approximate surface area is 102 Å². The molecule has 4 nitrogen and oxygen atoms in total. The number of nitriles is 1. The van der Waals surface area contributed by atoms with Gasteiger partial charge in [-0.2, -0.15) is 5.26 Å². The summed E-state index contributed by atoms with van der Waals surface area (Å²) < 4.78 is 24.6. The minimum absolute atomic E-state index is 0.0238. The molecule has 84 valence electrons. The van der Waals surface area contributed by atoms with Gasteiger partial charge < -0.3 is 5.32 Å². The van der Waals surface area contributed by atoms with Crippen molar-refractivity contribution in [3.05, 3.63) is 22.7 Å². The topological polar surface area (TPSA) is 70.0 Å². The van der Waals surface area contributed by atoms with E-state index in [-0.39, 0.29) is 18.2 Å². The average Bonchev–Trinajstić information content (AvgIpc) is 2.19. The normalized spacial score (nSPS) is 21.6. The SMILES string of the molecule is N#CCC1CS(=O)(=O)c2cc(Br)ccc2N1. The molecular weight excluding hydrogens is 292 g/mol. The molecule has 6 heteroatoms. The predicted molar refractivity (Wildman–Crippen MR) is 63.8 cm³/mol. The molecule has 0 amide bonds. The Morgan fingerprint density at radius 2 is 2.31 bits per heavy atom. The van der Waals surface area contributed by atoms with Crippen LogP contribution in [0.4, 0.5) is 5.69 Å². The van der Waals surface area contributed by atoms with Gasteiger partial charge in [-0.05, 0) is 18.2 Å². The molecule has 0 aliphatic carbocycles. The molecule has 2 rings (SSSR count). The standard InChI is InChI=1S/C10H9BrN2O2S/c11-7-1-2-9-10(5-7)16(14,15)6-8(13-9)3-4-12/h1-2,5,8,13H,3,6H2. The van der Waals surface area contributed by atoms with Crippen LogP contribution in [0, 0.1) is 11.3 Å². The number of hydrogen-bond acceptors (Lipinski definition) is 4. The molecule has 1 aliphatic heterocycles. The highest BCUT2D eigenvalue weighted by atomic mass is 79.9. The average molecular weight is 301 g/mol. The smallest absolute Gasteiger partial charge is 0.182 e. The molecule has 1 atom stereocenters. The largest absolute Gasteiger partial charge is 0.379 e. The maximum atomic E-state index is 11.9. The molecule has 0 spiro atoms. The van der Waals surface area contributed by atoms with Crippen molar-refractivity contribution in [2.75, 3.05) is 11.1 Å². The van der Waals surface area contributed by atoms with E-state index < -0.39 is 9.84 Å². The lowest BCUT2D eigenvalue weighted by atomic mass is 10.2. The van der Waals surface area contributed by atoms with E-state index in [9.17, 15) is 8.42 Å². The lowest BCUT2D eigenvalue weighted by Crippen LogP contribution is -2.33. The van der Waals surface area contributed by atoms with E-state index in [2.05, 4.69) is 21.2 Å². The highest BCUT2D eigenvalue weighted by Gasteiger charge is 2.29. The van der Waals surface area contributed by atoms with E-state index in [1.54, 1.807) is 18.2 Å². The Morgan fingerprint density at radius 3 is 3.00 bits per heavy atom. The summed E-state index contributed by atoms with van der Waals surface area (Å²) in [4.78, 5) is 0.302. The zero-order valence-corrected chi connectivity index (χ0v) is 10.7. The van der Waals surface area contributed by atoms with Gasteiger partial charge in [0.05, 0.1) is 34.9 Å². The van der Waals surface area contributed by atoms with Crippen molar-refractivity contribution in [2.45, 2.75) is 17.4 Å². The van der Waals surface area contributed by atoms with E-state index in [1.807, 2.05) is 6.07 Å². The van der Waals surface area contributed by atoms with Gasteiger partial charge in [0.1, 0.15) is 0 Å². The molecule has 1 N–H and O–H groups in total.